The first-order valence-corrected chi connectivity index (χ1v) is 12.8. The maximum absolute atomic E-state index is 13.0. The highest BCUT2D eigenvalue weighted by Crippen LogP contribution is 2.25. The van der Waals surface area contributed by atoms with Crippen molar-refractivity contribution in [2.75, 3.05) is 15.4 Å². The molecule has 6 nitrogen and oxygen atoms in total. The quantitative estimate of drug-likeness (QED) is 0.261. The van der Waals surface area contributed by atoms with E-state index in [9.17, 15) is 13.2 Å². The zero-order chi connectivity index (χ0) is 24.8. The first-order chi connectivity index (χ1) is 16.8. The fourth-order valence-electron chi connectivity index (χ4n) is 3.59. The van der Waals surface area contributed by atoms with Gasteiger partial charge in [0.1, 0.15) is 0 Å². The Hall–Kier alpha value is -3.81. The molecule has 8 heteroatoms. The van der Waals surface area contributed by atoms with Crippen molar-refractivity contribution in [3.05, 3.63) is 119 Å². The summed E-state index contributed by atoms with van der Waals surface area (Å²) < 4.78 is 28.5. The number of sulfonamides is 1. The van der Waals surface area contributed by atoms with Crippen LogP contribution in [0.25, 0.3) is 0 Å². The largest absolute Gasteiger partial charge is 0.323 e. The Bertz CT molecular complexity index is 1440. The summed E-state index contributed by atoms with van der Waals surface area (Å²) in [4.78, 5) is 12.8. The summed E-state index contributed by atoms with van der Waals surface area (Å²) in [6.07, 6.45) is 0.667. The van der Waals surface area contributed by atoms with Gasteiger partial charge in [0.25, 0.3) is 10.0 Å². The van der Waals surface area contributed by atoms with E-state index < -0.39 is 16.1 Å². The summed E-state index contributed by atoms with van der Waals surface area (Å²) >= 11 is 5.88. The van der Waals surface area contributed by atoms with Gasteiger partial charge in [0.15, 0.2) is 0 Å². The molecular weight excluding hydrogens is 482 g/mol. The Morgan fingerprint density at radius 3 is 2.20 bits per heavy atom. The Kier molecular flexibility index (Phi) is 7.39. The third kappa shape index (κ3) is 6.41. The summed E-state index contributed by atoms with van der Waals surface area (Å²) in [5.41, 5.74) is 4.06. The first-order valence-electron chi connectivity index (χ1n) is 10.9. The van der Waals surface area contributed by atoms with Crippen LogP contribution in [0.4, 0.5) is 21.9 Å². The van der Waals surface area contributed by atoms with Gasteiger partial charge in [-0.2, -0.15) is 0 Å². The number of hydrogen-bond acceptors (Lipinski definition) is 3. The zero-order valence-corrected chi connectivity index (χ0v) is 20.5. The number of carbonyl (C=O) groups is 1. The number of rotatable bonds is 7. The van der Waals surface area contributed by atoms with E-state index in [4.69, 9.17) is 11.6 Å². The van der Waals surface area contributed by atoms with Gasteiger partial charge in [0.05, 0.1) is 4.90 Å². The first kappa shape index (κ1) is 24.3. The van der Waals surface area contributed by atoms with Gasteiger partial charge in [-0.3, -0.25) is 4.72 Å². The van der Waals surface area contributed by atoms with Gasteiger partial charge in [-0.15, -0.1) is 0 Å². The highest BCUT2D eigenvalue weighted by atomic mass is 35.5. The summed E-state index contributed by atoms with van der Waals surface area (Å²) in [6.45, 7) is 1.69. The number of amides is 2. The lowest BCUT2D eigenvalue weighted by Gasteiger charge is -2.14. The van der Waals surface area contributed by atoms with Gasteiger partial charge in [0, 0.05) is 22.1 Å². The lowest BCUT2D eigenvalue weighted by Crippen LogP contribution is -2.21. The van der Waals surface area contributed by atoms with Crippen LogP contribution in [0, 0.1) is 6.92 Å². The minimum atomic E-state index is -3.88. The number of benzene rings is 4. The van der Waals surface area contributed by atoms with Crippen molar-refractivity contribution < 1.29 is 13.2 Å². The standard InChI is InChI=1S/C27H24ClN3O3S/c1-19-11-14-24(18-26(19)35(33,34)31-23-15-12-22(28)13-16-23)29-27(32)30-25-10-6-5-9-21(25)17-20-7-3-2-4-8-20/h2-16,18,31H,17H2,1H3,(H2,29,30,32). The molecule has 0 saturated carbocycles. The summed E-state index contributed by atoms with van der Waals surface area (Å²) in [7, 11) is -3.88. The smallest absolute Gasteiger partial charge is 0.308 e. The highest BCUT2D eigenvalue weighted by molar-refractivity contribution is 7.92. The van der Waals surface area contributed by atoms with Crippen molar-refractivity contribution in [3.63, 3.8) is 0 Å². The topological polar surface area (TPSA) is 87.3 Å². The second-order valence-corrected chi connectivity index (χ2v) is 10.1. The summed E-state index contributed by atoms with van der Waals surface area (Å²) in [5, 5.41) is 6.11. The van der Waals surface area contributed by atoms with Crippen molar-refractivity contribution in [2.45, 2.75) is 18.2 Å². The molecule has 0 radical (unpaired) electrons. The number of halogens is 1. The number of carbonyl (C=O) groups excluding carboxylic acids is 1. The number of urea groups is 1. The Morgan fingerprint density at radius 2 is 1.46 bits per heavy atom. The fraction of sp³-hybridized carbons (Fsp3) is 0.0741. The van der Waals surface area contributed by atoms with Gasteiger partial charge in [-0.05, 0) is 72.5 Å². The van der Waals surface area contributed by atoms with Gasteiger partial charge in [0.2, 0.25) is 0 Å². The predicted molar refractivity (Wildman–Crippen MR) is 142 cm³/mol. The maximum atomic E-state index is 13.0. The van der Waals surface area contributed by atoms with Crippen LogP contribution in [0.3, 0.4) is 0 Å². The van der Waals surface area contributed by atoms with Crippen LogP contribution in [0.5, 0.6) is 0 Å². The number of para-hydroxylation sites is 1. The van der Waals surface area contributed by atoms with E-state index in [1.54, 1.807) is 43.3 Å². The molecule has 178 valence electrons. The molecule has 0 atom stereocenters. The van der Waals surface area contributed by atoms with Crippen LogP contribution < -0.4 is 15.4 Å². The number of anilines is 3. The van der Waals surface area contributed by atoms with E-state index in [2.05, 4.69) is 15.4 Å². The van der Waals surface area contributed by atoms with Gasteiger partial charge in [-0.1, -0.05) is 66.2 Å². The fourth-order valence-corrected chi connectivity index (χ4v) is 5.05. The van der Waals surface area contributed by atoms with Crippen LogP contribution in [0.2, 0.25) is 5.02 Å². The normalized spacial score (nSPS) is 11.0. The molecule has 0 heterocycles. The van der Waals surface area contributed by atoms with Gasteiger partial charge in [-0.25, -0.2) is 13.2 Å². The van der Waals surface area contributed by atoms with Crippen LogP contribution in [-0.2, 0) is 16.4 Å². The minimum Gasteiger partial charge on any atom is -0.308 e. The molecule has 0 saturated heterocycles. The predicted octanol–water partition coefficient (Wildman–Crippen LogP) is 6.68. The third-order valence-corrected chi connectivity index (χ3v) is 7.11. The van der Waals surface area contributed by atoms with Crippen LogP contribution >= 0.6 is 11.6 Å². The van der Waals surface area contributed by atoms with Crippen LogP contribution in [0.1, 0.15) is 16.7 Å². The molecule has 0 bridgehead atoms. The molecule has 4 aromatic rings. The Labute approximate surface area is 210 Å². The summed E-state index contributed by atoms with van der Waals surface area (Å²) in [6, 6.07) is 28.2. The van der Waals surface area contributed by atoms with E-state index in [0.717, 1.165) is 11.1 Å². The van der Waals surface area contributed by atoms with E-state index in [1.807, 2.05) is 54.6 Å². The van der Waals surface area contributed by atoms with Gasteiger partial charge < -0.3 is 10.6 Å². The molecule has 0 aliphatic heterocycles. The molecule has 0 aliphatic rings. The van der Waals surface area contributed by atoms with E-state index in [-0.39, 0.29) is 4.90 Å². The van der Waals surface area contributed by atoms with E-state index >= 15 is 0 Å². The number of aryl methyl sites for hydroxylation is 1. The van der Waals surface area contributed by atoms with Crippen molar-refractivity contribution in [1.82, 2.24) is 0 Å². The Morgan fingerprint density at radius 1 is 0.800 bits per heavy atom. The minimum absolute atomic E-state index is 0.0646. The zero-order valence-electron chi connectivity index (χ0n) is 19.0. The molecule has 4 rings (SSSR count). The van der Waals surface area contributed by atoms with Crippen LogP contribution in [-0.4, -0.2) is 14.4 Å². The molecular formula is C27H24ClN3O3S. The number of nitrogens with one attached hydrogen (secondary N) is 3. The Balaban J connectivity index is 1.49. The molecule has 3 N–H and O–H groups in total. The lowest BCUT2D eigenvalue weighted by atomic mass is 10.0. The average molecular weight is 506 g/mol. The lowest BCUT2D eigenvalue weighted by molar-refractivity contribution is 0.262. The second-order valence-electron chi connectivity index (χ2n) is 7.99. The molecule has 2 amide bonds. The molecule has 0 unspecified atom stereocenters. The highest BCUT2D eigenvalue weighted by Gasteiger charge is 2.18. The molecule has 0 aromatic heterocycles. The molecule has 35 heavy (non-hydrogen) atoms. The molecule has 0 fully saturated rings. The van der Waals surface area contributed by atoms with Crippen molar-refractivity contribution >= 4 is 44.7 Å². The number of hydrogen-bond donors (Lipinski definition) is 3. The van der Waals surface area contributed by atoms with E-state index in [0.29, 0.717) is 34.1 Å². The SMILES string of the molecule is Cc1ccc(NC(=O)Nc2ccccc2Cc2ccccc2)cc1S(=O)(=O)Nc1ccc(Cl)cc1. The third-order valence-electron chi connectivity index (χ3n) is 5.33. The average Bonchev–Trinajstić information content (AvgIpc) is 2.83. The van der Waals surface area contributed by atoms with Crippen molar-refractivity contribution in [3.8, 4) is 0 Å². The van der Waals surface area contributed by atoms with E-state index in [1.165, 1.54) is 6.07 Å². The van der Waals surface area contributed by atoms with Gasteiger partial charge >= 0.3 is 6.03 Å². The van der Waals surface area contributed by atoms with Crippen molar-refractivity contribution in [1.29, 1.82) is 0 Å². The molecule has 0 spiro atoms. The van der Waals surface area contributed by atoms with Crippen molar-refractivity contribution in [2.24, 2.45) is 0 Å². The maximum Gasteiger partial charge on any atom is 0.323 e. The van der Waals surface area contributed by atoms with Crippen LogP contribution in [0.15, 0.2) is 102 Å². The second kappa shape index (κ2) is 10.6. The molecule has 4 aromatic carbocycles. The summed E-state index contributed by atoms with van der Waals surface area (Å²) in [5.74, 6) is 0. The monoisotopic (exact) mass is 505 g/mol. The molecule has 0 aliphatic carbocycles.